The van der Waals surface area contributed by atoms with Gasteiger partial charge in [-0.2, -0.15) is 0 Å². The van der Waals surface area contributed by atoms with Gasteiger partial charge in [-0.15, -0.1) is 0 Å². The molecule has 0 N–H and O–H groups in total. The fourth-order valence-electron chi connectivity index (χ4n) is 4.40. The summed E-state index contributed by atoms with van der Waals surface area (Å²) in [5.74, 6) is 0.710. The number of aryl methyl sites for hydroxylation is 1. The van der Waals surface area contributed by atoms with Crippen molar-refractivity contribution in [2.45, 2.75) is 51.5 Å². The highest BCUT2D eigenvalue weighted by Gasteiger charge is 2.37. The molecule has 3 nitrogen and oxygen atoms in total. The number of rotatable bonds is 1. The Morgan fingerprint density at radius 1 is 1.22 bits per heavy atom. The minimum Gasteiger partial charge on any atom is -0.451 e. The van der Waals surface area contributed by atoms with Crippen molar-refractivity contribution >= 4 is 16.9 Å². The van der Waals surface area contributed by atoms with Crippen LogP contribution in [0, 0.1) is 18.7 Å². The quantitative estimate of drug-likeness (QED) is 0.766. The van der Waals surface area contributed by atoms with E-state index in [4.69, 9.17) is 4.42 Å². The summed E-state index contributed by atoms with van der Waals surface area (Å²) in [6.45, 7) is 2.66. The third-order valence-corrected chi connectivity index (χ3v) is 5.60. The number of carbonyl (C=O) groups excluding carboxylic acids is 1. The topological polar surface area (TPSA) is 33.5 Å². The maximum atomic E-state index is 13.5. The summed E-state index contributed by atoms with van der Waals surface area (Å²) in [6.07, 6.45) is 7.13. The minimum atomic E-state index is -0.300. The van der Waals surface area contributed by atoms with Crippen molar-refractivity contribution in [3.8, 4) is 0 Å². The van der Waals surface area contributed by atoms with E-state index in [1.54, 1.807) is 6.07 Å². The zero-order chi connectivity index (χ0) is 16.0. The number of hydrogen-bond donors (Lipinski definition) is 0. The first-order valence-corrected chi connectivity index (χ1v) is 8.65. The van der Waals surface area contributed by atoms with Gasteiger partial charge in [-0.1, -0.05) is 12.8 Å². The van der Waals surface area contributed by atoms with Gasteiger partial charge in [0.2, 0.25) is 0 Å². The highest BCUT2D eigenvalue weighted by atomic mass is 19.1. The van der Waals surface area contributed by atoms with Gasteiger partial charge in [0.1, 0.15) is 11.4 Å². The van der Waals surface area contributed by atoms with Crippen LogP contribution in [0.15, 0.2) is 22.6 Å². The molecule has 2 heterocycles. The Morgan fingerprint density at radius 3 is 2.87 bits per heavy atom. The molecule has 1 aliphatic heterocycles. The highest BCUT2D eigenvalue weighted by molar-refractivity contribution is 5.99. The van der Waals surface area contributed by atoms with Gasteiger partial charge in [-0.3, -0.25) is 4.79 Å². The molecule has 23 heavy (non-hydrogen) atoms. The van der Waals surface area contributed by atoms with Crippen LogP contribution in [0.5, 0.6) is 0 Å². The molecule has 1 saturated heterocycles. The predicted molar refractivity (Wildman–Crippen MR) is 86.9 cm³/mol. The molecule has 1 aliphatic carbocycles. The lowest BCUT2D eigenvalue weighted by Gasteiger charge is -2.43. The van der Waals surface area contributed by atoms with Gasteiger partial charge in [-0.25, -0.2) is 4.39 Å². The van der Waals surface area contributed by atoms with Crippen LogP contribution in [-0.4, -0.2) is 23.4 Å². The highest BCUT2D eigenvalue weighted by Crippen LogP contribution is 2.37. The Hall–Kier alpha value is -1.84. The van der Waals surface area contributed by atoms with Crippen LogP contribution in [0.25, 0.3) is 11.0 Å². The second kappa shape index (κ2) is 5.66. The number of likely N-dealkylation sites (tertiary alicyclic amines) is 1. The van der Waals surface area contributed by atoms with Gasteiger partial charge in [0, 0.05) is 23.5 Å². The van der Waals surface area contributed by atoms with Crippen LogP contribution >= 0.6 is 0 Å². The van der Waals surface area contributed by atoms with Gasteiger partial charge in [0.05, 0.1) is 0 Å². The second-order valence-corrected chi connectivity index (χ2v) is 6.95. The number of benzene rings is 1. The molecular formula is C19H22FNO2. The Bertz CT molecular complexity index is 749. The number of furan rings is 1. The van der Waals surface area contributed by atoms with E-state index in [2.05, 4.69) is 0 Å². The summed E-state index contributed by atoms with van der Waals surface area (Å²) in [5.41, 5.74) is 1.34. The van der Waals surface area contributed by atoms with E-state index in [-0.39, 0.29) is 11.7 Å². The average Bonchev–Trinajstić information content (AvgIpc) is 2.90. The second-order valence-electron chi connectivity index (χ2n) is 6.95. The first kappa shape index (κ1) is 14.7. The third kappa shape index (κ3) is 2.44. The first-order valence-electron chi connectivity index (χ1n) is 8.65. The molecule has 2 fully saturated rings. The summed E-state index contributed by atoms with van der Waals surface area (Å²) < 4.78 is 19.3. The molecule has 1 saturated carbocycles. The summed E-state index contributed by atoms with van der Waals surface area (Å²) >= 11 is 0. The number of hydrogen-bond acceptors (Lipinski definition) is 2. The normalized spacial score (nSPS) is 24.7. The van der Waals surface area contributed by atoms with E-state index in [9.17, 15) is 9.18 Å². The monoisotopic (exact) mass is 315 g/mol. The van der Waals surface area contributed by atoms with Crippen molar-refractivity contribution < 1.29 is 13.6 Å². The summed E-state index contributed by atoms with van der Waals surface area (Å²) in [6, 6.07) is 4.78. The lowest BCUT2D eigenvalue weighted by molar-refractivity contribution is 0.0363. The minimum absolute atomic E-state index is 0.0179. The van der Waals surface area contributed by atoms with Crippen molar-refractivity contribution in [2.75, 3.05) is 6.54 Å². The van der Waals surface area contributed by atoms with Crippen LogP contribution in [0.1, 0.15) is 54.6 Å². The molecule has 1 amide bonds. The van der Waals surface area contributed by atoms with Crippen molar-refractivity contribution in [1.29, 1.82) is 0 Å². The van der Waals surface area contributed by atoms with Crippen molar-refractivity contribution in [3.05, 3.63) is 35.3 Å². The summed E-state index contributed by atoms with van der Waals surface area (Å²) in [4.78, 5) is 15.1. The SMILES string of the molecule is Cc1c(C(=O)N2CCCC3CCCCC32)oc2ccc(F)cc12. The van der Waals surface area contributed by atoms with Crippen LogP contribution in [0.2, 0.25) is 0 Å². The number of amides is 1. The summed E-state index contributed by atoms with van der Waals surface area (Å²) in [7, 11) is 0. The molecule has 4 heteroatoms. The van der Waals surface area contributed by atoms with E-state index in [1.165, 1.54) is 37.8 Å². The zero-order valence-corrected chi connectivity index (χ0v) is 13.5. The number of nitrogens with zero attached hydrogens (tertiary/aromatic N) is 1. The molecule has 1 aromatic heterocycles. The van der Waals surface area contributed by atoms with Crippen molar-refractivity contribution in [2.24, 2.45) is 5.92 Å². The molecule has 1 aromatic carbocycles. The average molecular weight is 315 g/mol. The Balaban J connectivity index is 1.69. The maximum absolute atomic E-state index is 13.5. The number of piperidine rings is 1. The number of fused-ring (bicyclic) bond motifs is 2. The van der Waals surface area contributed by atoms with E-state index in [0.717, 1.165) is 24.9 Å². The molecule has 2 unspecified atom stereocenters. The van der Waals surface area contributed by atoms with E-state index >= 15 is 0 Å². The Morgan fingerprint density at radius 2 is 2.00 bits per heavy atom. The van der Waals surface area contributed by atoms with Gasteiger partial charge in [0.15, 0.2) is 5.76 Å². The molecule has 2 aromatic rings. The Labute approximate surface area is 135 Å². The standard InChI is InChI=1S/C19H22FNO2/c1-12-15-11-14(20)8-9-17(15)23-18(12)19(22)21-10-4-6-13-5-2-3-7-16(13)21/h8-9,11,13,16H,2-7,10H2,1H3. The fourth-order valence-corrected chi connectivity index (χ4v) is 4.40. The fraction of sp³-hybridized carbons (Fsp3) is 0.526. The smallest absolute Gasteiger partial charge is 0.290 e. The van der Waals surface area contributed by atoms with Gasteiger partial charge in [0.25, 0.3) is 5.91 Å². The van der Waals surface area contributed by atoms with Gasteiger partial charge >= 0.3 is 0 Å². The van der Waals surface area contributed by atoms with E-state index < -0.39 is 0 Å². The number of carbonyl (C=O) groups is 1. The van der Waals surface area contributed by atoms with Crippen molar-refractivity contribution in [1.82, 2.24) is 4.90 Å². The lowest BCUT2D eigenvalue weighted by Crippen LogP contribution is -2.49. The molecule has 4 rings (SSSR count). The van der Waals surface area contributed by atoms with Crippen LogP contribution in [0.4, 0.5) is 4.39 Å². The molecule has 2 atom stereocenters. The predicted octanol–water partition coefficient (Wildman–Crippen LogP) is 4.68. The van der Waals surface area contributed by atoms with Crippen molar-refractivity contribution in [3.63, 3.8) is 0 Å². The molecule has 0 bridgehead atoms. The van der Waals surface area contributed by atoms with Crippen LogP contribution in [0.3, 0.4) is 0 Å². The van der Waals surface area contributed by atoms with Crippen LogP contribution < -0.4 is 0 Å². The molecule has 0 radical (unpaired) electrons. The zero-order valence-electron chi connectivity index (χ0n) is 13.5. The summed E-state index contributed by atoms with van der Waals surface area (Å²) in [5, 5.41) is 0.700. The lowest BCUT2D eigenvalue weighted by atomic mass is 9.78. The van der Waals surface area contributed by atoms with Gasteiger partial charge < -0.3 is 9.32 Å². The molecule has 122 valence electrons. The molecular weight excluding hydrogens is 293 g/mol. The van der Waals surface area contributed by atoms with E-state index in [1.807, 2.05) is 11.8 Å². The van der Waals surface area contributed by atoms with Crippen LogP contribution in [-0.2, 0) is 0 Å². The first-order chi connectivity index (χ1) is 11.1. The Kier molecular flexibility index (Phi) is 3.63. The molecule has 0 spiro atoms. The number of halogens is 1. The largest absolute Gasteiger partial charge is 0.451 e. The molecule has 2 aliphatic rings. The maximum Gasteiger partial charge on any atom is 0.290 e. The van der Waals surface area contributed by atoms with Gasteiger partial charge in [-0.05, 0) is 56.7 Å². The third-order valence-electron chi connectivity index (χ3n) is 5.60. The van der Waals surface area contributed by atoms with E-state index in [0.29, 0.717) is 28.7 Å².